The number of benzene rings is 1. The summed E-state index contributed by atoms with van der Waals surface area (Å²) in [4.78, 5) is 0. The van der Waals surface area contributed by atoms with Crippen molar-refractivity contribution < 1.29 is 13.2 Å². The molecule has 1 atom stereocenters. The minimum absolute atomic E-state index is 0.317. The van der Waals surface area contributed by atoms with Gasteiger partial charge in [0.2, 0.25) is 0 Å². The van der Waals surface area contributed by atoms with Crippen LogP contribution in [0.3, 0.4) is 0 Å². The second-order valence-corrected chi connectivity index (χ2v) is 5.05. The molecule has 0 radical (unpaired) electrons. The van der Waals surface area contributed by atoms with E-state index in [2.05, 4.69) is 13.8 Å². The molecule has 0 aromatic heterocycles. The molecule has 0 saturated carbocycles. The van der Waals surface area contributed by atoms with Gasteiger partial charge in [-0.3, -0.25) is 0 Å². The Morgan fingerprint density at radius 1 is 1.06 bits per heavy atom. The van der Waals surface area contributed by atoms with E-state index in [4.69, 9.17) is 0 Å². The first-order chi connectivity index (χ1) is 7.70. The van der Waals surface area contributed by atoms with E-state index in [0.29, 0.717) is 11.5 Å². The fraction of sp³-hybridized carbons (Fsp3) is 0.571. The molecule has 0 nitrogen and oxygen atoms in total. The molecular formula is C14H19F3. The lowest BCUT2D eigenvalue weighted by molar-refractivity contribution is -0.180. The number of halogens is 3. The Morgan fingerprint density at radius 3 is 1.88 bits per heavy atom. The predicted molar refractivity (Wildman–Crippen MR) is 64.2 cm³/mol. The molecule has 1 aromatic carbocycles. The largest absolute Gasteiger partial charge is 0.397 e. The van der Waals surface area contributed by atoms with Gasteiger partial charge in [0.1, 0.15) is 0 Å². The normalized spacial score (nSPS) is 14.8. The maximum atomic E-state index is 12.8. The SMILES string of the molecule is CCC(C)c1ccc(C(C)(C)C(F)(F)F)cc1. The fourth-order valence-corrected chi connectivity index (χ4v) is 1.63. The van der Waals surface area contributed by atoms with E-state index in [1.54, 1.807) is 24.3 Å². The van der Waals surface area contributed by atoms with Crippen molar-refractivity contribution >= 4 is 0 Å². The van der Waals surface area contributed by atoms with Gasteiger partial charge in [-0.15, -0.1) is 0 Å². The van der Waals surface area contributed by atoms with Crippen molar-refractivity contribution in [3.05, 3.63) is 35.4 Å². The molecule has 0 aliphatic heterocycles. The monoisotopic (exact) mass is 244 g/mol. The van der Waals surface area contributed by atoms with Crippen molar-refractivity contribution in [2.75, 3.05) is 0 Å². The van der Waals surface area contributed by atoms with Crippen LogP contribution in [-0.4, -0.2) is 6.18 Å². The van der Waals surface area contributed by atoms with E-state index in [-0.39, 0.29) is 0 Å². The maximum absolute atomic E-state index is 12.8. The van der Waals surface area contributed by atoms with Gasteiger partial charge in [0.25, 0.3) is 0 Å². The van der Waals surface area contributed by atoms with Gasteiger partial charge in [-0.1, -0.05) is 38.1 Å². The lowest BCUT2D eigenvalue weighted by atomic mass is 9.83. The van der Waals surface area contributed by atoms with Crippen molar-refractivity contribution in [1.29, 1.82) is 0 Å². The summed E-state index contributed by atoms with van der Waals surface area (Å²) in [6, 6.07) is 6.79. The Morgan fingerprint density at radius 2 is 1.53 bits per heavy atom. The van der Waals surface area contributed by atoms with E-state index in [9.17, 15) is 13.2 Å². The van der Waals surface area contributed by atoms with Gasteiger partial charge in [-0.2, -0.15) is 13.2 Å². The molecule has 0 spiro atoms. The van der Waals surface area contributed by atoms with Crippen molar-refractivity contribution in [2.45, 2.75) is 51.6 Å². The Kier molecular flexibility index (Phi) is 3.90. The van der Waals surface area contributed by atoms with Crippen LogP contribution >= 0.6 is 0 Å². The van der Waals surface area contributed by atoms with Crippen LogP contribution in [0, 0.1) is 0 Å². The molecule has 0 saturated heterocycles. The molecule has 0 aliphatic rings. The highest BCUT2D eigenvalue weighted by Gasteiger charge is 2.48. The van der Waals surface area contributed by atoms with Crippen LogP contribution in [0.1, 0.15) is 51.2 Å². The predicted octanol–water partition coefficient (Wildman–Crippen LogP) is 5.04. The molecule has 1 unspecified atom stereocenters. The van der Waals surface area contributed by atoms with E-state index in [0.717, 1.165) is 12.0 Å². The van der Waals surface area contributed by atoms with Crippen LogP contribution in [-0.2, 0) is 5.41 Å². The number of rotatable bonds is 3. The van der Waals surface area contributed by atoms with Gasteiger partial charge < -0.3 is 0 Å². The Labute approximate surface area is 101 Å². The fourth-order valence-electron chi connectivity index (χ4n) is 1.63. The topological polar surface area (TPSA) is 0 Å². The second-order valence-electron chi connectivity index (χ2n) is 5.05. The summed E-state index contributed by atoms with van der Waals surface area (Å²) in [5.41, 5.74) is -0.382. The lowest BCUT2D eigenvalue weighted by Gasteiger charge is -2.28. The van der Waals surface area contributed by atoms with E-state index >= 15 is 0 Å². The van der Waals surface area contributed by atoms with E-state index in [1.165, 1.54) is 13.8 Å². The Bertz CT molecular complexity index is 360. The summed E-state index contributed by atoms with van der Waals surface area (Å²) < 4.78 is 38.5. The minimum Gasteiger partial charge on any atom is -0.170 e. The standard InChI is InChI=1S/C14H19F3/c1-5-10(2)11-6-8-12(9-7-11)13(3,4)14(15,16)17/h6-10H,5H2,1-4H3. The molecule has 0 N–H and O–H groups in total. The molecule has 0 bridgehead atoms. The van der Waals surface area contributed by atoms with Crippen LogP contribution in [0.25, 0.3) is 0 Å². The highest BCUT2D eigenvalue weighted by Crippen LogP contribution is 2.40. The van der Waals surface area contributed by atoms with Crippen LogP contribution in [0.4, 0.5) is 13.2 Å². The summed E-state index contributed by atoms with van der Waals surface area (Å²) in [6.45, 7) is 6.57. The zero-order chi connectivity index (χ0) is 13.3. The second kappa shape index (κ2) is 4.71. The molecule has 1 aromatic rings. The summed E-state index contributed by atoms with van der Waals surface area (Å²) in [7, 11) is 0. The quantitative estimate of drug-likeness (QED) is 0.698. The third-order valence-electron chi connectivity index (χ3n) is 3.52. The third-order valence-corrected chi connectivity index (χ3v) is 3.52. The zero-order valence-electron chi connectivity index (χ0n) is 10.7. The first-order valence-electron chi connectivity index (χ1n) is 5.87. The highest BCUT2D eigenvalue weighted by molar-refractivity contribution is 5.30. The van der Waals surface area contributed by atoms with Gasteiger partial charge in [0, 0.05) is 0 Å². The van der Waals surface area contributed by atoms with Crippen LogP contribution in [0.5, 0.6) is 0 Å². The Hall–Kier alpha value is -0.990. The molecule has 96 valence electrons. The summed E-state index contributed by atoms with van der Waals surface area (Å²) in [6.07, 6.45) is -3.23. The molecule has 0 fully saturated rings. The van der Waals surface area contributed by atoms with Crippen molar-refractivity contribution in [3.8, 4) is 0 Å². The highest BCUT2D eigenvalue weighted by atomic mass is 19.4. The molecular weight excluding hydrogens is 225 g/mol. The van der Waals surface area contributed by atoms with Crippen molar-refractivity contribution in [1.82, 2.24) is 0 Å². The Balaban J connectivity index is 3.03. The van der Waals surface area contributed by atoms with Gasteiger partial charge in [0.05, 0.1) is 5.41 Å². The molecule has 3 heteroatoms. The number of hydrogen-bond donors (Lipinski definition) is 0. The molecule has 1 rings (SSSR count). The average molecular weight is 244 g/mol. The van der Waals surface area contributed by atoms with Gasteiger partial charge in [-0.05, 0) is 37.3 Å². The molecule has 17 heavy (non-hydrogen) atoms. The summed E-state index contributed by atoms with van der Waals surface area (Å²) >= 11 is 0. The van der Waals surface area contributed by atoms with Gasteiger partial charge in [-0.25, -0.2) is 0 Å². The summed E-state index contributed by atoms with van der Waals surface area (Å²) in [5, 5.41) is 0. The van der Waals surface area contributed by atoms with Gasteiger partial charge >= 0.3 is 6.18 Å². The van der Waals surface area contributed by atoms with Crippen molar-refractivity contribution in [2.24, 2.45) is 0 Å². The first-order valence-corrected chi connectivity index (χ1v) is 5.87. The number of alkyl halides is 3. The molecule has 0 amide bonds. The van der Waals surface area contributed by atoms with Crippen molar-refractivity contribution in [3.63, 3.8) is 0 Å². The first kappa shape index (κ1) is 14.1. The van der Waals surface area contributed by atoms with Gasteiger partial charge in [0.15, 0.2) is 0 Å². The molecule has 0 aliphatic carbocycles. The van der Waals surface area contributed by atoms with Crippen LogP contribution in [0.2, 0.25) is 0 Å². The van der Waals surface area contributed by atoms with E-state index in [1.807, 2.05) is 0 Å². The van der Waals surface area contributed by atoms with Crippen LogP contribution in [0.15, 0.2) is 24.3 Å². The smallest absolute Gasteiger partial charge is 0.170 e. The summed E-state index contributed by atoms with van der Waals surface area (Å²) in [5.74, 6) is 0.387. The number of hydrogen-bond acceptors (Lipinski definition) is 0. The minimum atomic E-state index is -4.22. The van der Waals surface area contributed by atoms with Crippen LogP contribution < -0.4 is 0 Å². The molecule has 0 heterocycles. The average Bonchev–Trinajstić information content (AvgIpc) is 2.26. The lowest BCUT2D eigenvalue weighted by Crippen LogP contribution is -2.36. The van der Waals surface area contributed by atoms with E-state index < -0.39 is 11.6 Å². The third kappa shape index (κ3) is 2.82. The maximum Gasteiger partial charge on any atom is 0.397 e. The zero-order valence-corrected chi connectivity index (χ0v) is 10.7.